The van der Waals surface area contributed by atoms with Gasteiger partial charge in [0.05, 0.1) is 25.7 Å². The first-order chi connectivity index (χ1) is 14.0. The molecular formula is C22H26Cl3NO4. The van der Waals surface area contributed by atoms with E-state index < -0.39 is 5.97 Å². The van der Waals surface area contributed by atoms with Crippen molar-refractivity contribution in [3.63, 3.8) is 0 Å². The topological polar surface area (TPSA) is 59.0 Å². The minimum absolute atomic E-state index is 0. The van der Waals surface area contributed by atoms with Crippen LogP contribution < -0.4 is 4.74 Å². The van der Waals surface area contributed by atoms with Crippen LogP contribution in [0.2, 0.25) is 10.0 Å². The van der Waals surface area contributed by atoms with Crippen molar-refractivity contribution in [1.29, 1.82) is 0 Å². The Morgan fingerprint density at radius 1 is 1.17 bits per heavy atom. The second kappa shape index (κ2) is 12.4. The van der Waals surface area contributed by atoms with Crippen LogP contribution in [0.5, 0.6) is 5.75 Å². The molecule has 0 radical (unpaired) electrons. The Kier molecular flexibility index (Phi) is 10.2. The van der Waals surface area contributed by atoms with Crippen LogP contribution in [0.25, 0.3) is 0 Å². The lowest BCUT2D eigenvalue weighted by molar-refractivity contribution is -0.137. The Balaban J connectivity index is 0.00000320. The van der Waals surface area contributed by atoms with Crippen LogP contribution in [0, 0.1) is 0 Å². The highest BCUT2D eigenvalue weighted by Gasteiger charge is 2.22. The predicted molar refractivity (Wildman–Crippen MR) is 121 cm³/mol. The molecule has 1 saturated heterocycles. The number of rotatable bonds is 9. The summed E-state index contributed by atoms with van der Waals surface area (Å²) in [5.41, 5.74) is 2.02. The van der Waals surface area contributed by atoms with Gasteiger partial charge < -0.3 is 14.6 Å². The first kappa shape index (κ1) is 24.8. The van der Waals surface area contributed by atoms with Gasteiger partial charge in [0.25, 0.3) is 0 Å². The summed E-state index contributed by atoms with van der Waals surface area (Å²) in [6, 6.07) is 13.4. The highest BCUT2D eigenvalue weighted by atomic mass is 35.5. The molecule has 0 saturated carbocycles. The number of ether oxygens (including phenoxy) is 2. The average molecular weight is 475 g/mol. The quantitative estimate of drug-likeness (QED) is 0.501. The van der Waals surface area contributed by atoms with Crippen LogP contribution >= 0.6 is 35.6 Å². The Hall–Kier alpha value is -1.50. The third-order valence-electron chi connectivity index (χ3n) is 4.95. The summed E-state index contributed by atoms with van der Waals surface area (Å²) in [6.07, 6.45) is 1.68. The highest BCUT2D eigenvalue weighted by molar-refractivity contribution is 6.35. The highest BCUT2D eigenvalue weighted by Crippen LogP contribution is 2.26. The fraction of sp³-hybridized carbons (Fsp3) is 0.409. The summed E-state index contributed by atoms with van der Waals surface area (Å²) in [5.74, 6) is 0.0314. The number of hydrogen-bond acceptors (Lipinski definition) is 4. The van der Waals surface area contributed by atoms with E-state index in [1.54, 1.807) is 0 Å². The van der Waals surface area contributed by atoms with Gasteiger partial charge in [-0.1, -0.05) is 41.4 Å². The lowest BCUT2D eigenvalue weighted by Gasteiger charge is -2.32. The normalized spacial score (nSPS) is 16.7. The van der Waals surface area contributed by atoms with E-state index in [0.29, 0.717) is 36.3 Å². The van der Waals surface area contributed by atoms with Gasteiger partial charge in [0.2, 0.25) is 0 Å². The second-order valence-corrected chi connectivity index (χ2v) is 7.84. The Morgan fingerprint density at radius 2 is 1.87 bits per heavy atom. The molecule has 1 unspecified atom stereocenters. The number of benzene rings is 2. The molecule has 3 rings (SSSR count). The molecule has 2 aromatic carbocycles. The number of nitrogens with zero attached hydrogens (tertiary/aromatic N) is 1. The number of carboxylic acid groups (broad SMARTS) is 1. The molecule has 0 spiro atoms. The van der Waals surface area contributed by atoms with Gasteiger partial charge in [0, 0.05) is 29.7 Å². The maximum atomic E-state index is 10.8. The summed E-state index contributed by atoms with van der Waals surface area (Å²) >= 11 is 12.4. The molecule has 5 nitrogen and oxygen atoms in total. The van der Waals surface area contributed by atoms with E-state index in [1.807, 2.05) is 42.5 Å². The van der Waals surface area contributed by atoms with Crippen molar-refractivity contribution in [3.05, 3.63) is 63.6 Å². The Morgan fingerprint density at radius 3 is 2.53 bits per heavy atom. The van der Waals surface area contributed by atoms with Crippen LogP contribution in [-0.2, 0) is 16.0 Å². The zero-order valence-corrected chi connectivity index (χ0v) is 18.9. The fourth-order valence-corrected chi connectivity index (χ4v) is 3.94. The monoisotopic (exact) mass is 473 g/mol. The van der Waals surface area contributed by atoms with Gasteiger partial charge in [-0.3, -0.25) is 9.69 Å². The summed E-state index contributed by atoms with van der Waals surface area (Å²) in [7, 11) is 0. The molecule has 1 aliphatic heterocycles. The number of halogens is 3. The van der Waals surface area contributed by atoms with Gasteiger partial charge in [-0.25, -0.2) is 0 Å². The molecule has 1 aliphatic rings. The molecular weight excluding hydrogens is 449 g/mol. The van der Waals surface area contributed by atoms with E-state index in [-0.39, 0.29) is 24.9 Å². The van der Waals surface area contributed by atoms with Gasteiger partial charge in [-0.05, 0) is 48.2 Å². The molecule has 0 amide bonds. The molecule has 1 atom stereocenters. The van der Waals surface area contributed by atoms with Gasteiger partial charge in [0.15, 0.2) is 0 Å². The smallest absolute Gasteiger partial charge is 0.304 e. The first-order valence-electron chi connectivity index (χ1n) is 9.74. The second-order valence-electron chi connectivity index (χ2n) is 7.03. The lowest BCUT2D eigenvalue weighted by atomic mass is 10.1. The summed E-state index contributed by atoms with van der Waals surface area (Å²) in [4.78, 5) is 12.9. The SMILES string of the molecule is Cl.O=C(O)CCN1CCOC(c2ccc(OCCCc3c(Cl)cccc3Cl)cc2)C1. The maximum absolute atomic E-state index is 10.8. The van der Waals surface area contributed by atoms with Gasteiger partial charge >= 0.3 is 5.97 Å². The number of carbonyl (C=O) groups is 1. The third-order valence-corrected chi connectivity index (χ3v) is 5.65. The van der Waals surface area contributed by atoms with Gasteiger partial charge in [0.1, 0.15) is 5.75 Å². The van der Waals surface area contributed by atoms with Crippen LogP contribution in [0.4, 0.5) is 0 Å². The zero-order valence-electron chi connectivity index (χ0n) is 16.6. The molecule has 164 valence electrons. The largest absolute Gasteiger partial charge is 0.494 e. The van der Waals surface area contributed by atoms with E-state index in [4.69, 9.17) is 37.8 Å². The molecule has 1 N–H and O–H groups in total. The van der Waals surface area contributed by atoms with Crippen molar-refractivity contribution in [1.82, 2.24) is 4.90 Å². The molecule has 2 aromatic rings. The van der Waals surface area contributed by atoms with Gasteiger partial charge in [-0.2, -0.15) is 0 Å². The molecule has 1 fully saturated rings. The molecule has 0 bridgehead atoms. The van der Waals surface area contributed by atoms with Crippen molar-refractivity contribution in [3.8, 4) is 5.75 Å². The van der Waals surface area contributed by atoms with Crippen molar-refractivity contribution < 1.29 is 19.4 Å². The number of hydrogen-bond donors (Lipinski definition) is 1. The Bertz CT molecular complexity index is 796. The van der Waals surface area contributed by atoms with E-state index in [1.165, 1.54) is 0 Å². The van der Waals surface area contributed by atoms with Crippen molar-refractivity contribution in [2.75, 3.05) is 32.8 Å². The van der Waals surface area contributed by atoms with Crippen LogP contribution in [0.15, 0.2) is 42.5 Å². The molecule has 30 heavy (non-hydrogen) atoms. The molecule has 8 heteroatoms. The van der Waals surface area contributed by atoms with Crippen molar-refractivity contribution >= 4 is 41.6 Å². The minimum atomic E-state index is -0.772. The van der Waals surface area contributed by atoms with Crippen molar-refractivity contribution in [2.45, 2.75) is 25.4 Å². The van der Waals surface area contributed by atoms with Crippen LogP contribution in [0.3, 0.4) is 0 Å². The van der Waals surface area contributed by atoms with Crippen LogP contribution in [-0.4, -0.2) is 48.8 Å². The number of aliphatic carboxylic acids is 1. The van der Waals surface area contributed by atoms with Crippen LogP contribution in [0.1, 0.15) is 30.1 Å². The van der Waals surface area contributed by atoms with E-state index in [9.17, 15) is 4.79 Å². The molecule has 0 aromatic heterocycles. The predicted octanol–water partition coefficient (Wildman–Crippen LogP) is 5.27. The zero-order chi connectivity index (χ0) is 20.6. The molecule has 1 heterocycles. The summed E-state index contributed by atoms with van der Waals surface area (Å²) in [5, 5.41) is 10.2. The Labute approximate surface area is 193 Å². The standard InChI is InChI=1S/C22H25Cl2NO4.ClH/c23-19-4-1-5-20(24)18(19)3-2-13-28-17-8-6-16(7-9-17)21-15-25(12-14-29-21)11-10-22(26)27;/h1,4-9,21H,2-3,10-15H2,(H,26,27);1H. The molecule has 0 aliphatic carbocycles. The minimum Gasteiger partial charge on any atom is -0.494 e. The van der Waals surface area contributed by atoms with Crippen molar-refractivity contribution in [2.24, 2.45) is 0 Å². The number of morpholine rings is 1. The summed E-state index contributed by atoms with van der Waals surface area (Å²) in [6.45, 7) is 3.19. The van der Waals surface area contributed by atoms with E-state index in [2.05, 4.69) is 4.90 Å². The third kappa shape index (κ3) is 7.33. The maximum Gasteiger partial charge on any atom is 0.304 e. The van der Waals surface area contributed by atoms with Gasteiger partial charge in [-0.15, -0.1) is 12.4 Å². The average Bonchev–Trinajstić information content (AvgIpc) is 2.72. The van der Waals surface area contributed by atoms with E-state index >= 15 is 0 Å². The number of carboxylic acids is 1. The lowest BCUT2D eigenvalue weighted by Crippen LogP contribution is -2.39. The van der Waals surface area contributed by atoms with E-state index in [0.717, 1.165) is 36.3 Å². The first-order valence-corrected chi connectivity index (χ1v) is 10.5. The summed E-state index contributed by atoms with van der Waals surface area (Å²) < 4.78 is 11.7. The fourth-order valence-electron chi connectivity index (χ4n) is 3.35.